The maximum atomic E-state index is 6.10. The molecule has 2 aliphatic heterocycles. The molecule has 19 heavy (non-hydrogen) atoms. The molecule has 3 nitrogen and oxygen atoms in total. The number of hydrogen-bond donors (Lipinski definition) is 1. The molecule has 2 fully saturated rings. The van der Waals surface area contributed by atoms with Crippen LogP contribution in [0.2, 0.25) is 0 Å². The molecule has 1 unspecified atom stereocenters. The minimum atomic E-state index is 0.107. The molecule has 0 bridgehead atoms. The average Bonchev–Trinajstić information content (AvgIpc) is 2.37. The van der Waals surface area contributed by atoms with E-state index in [4.69, 9.17) is 9.47 Å². The summed E-state index contributed by atoms with van der Waals surface area (Å²) in [6.45, 7) is 13.1. The van der Waals surface area contributed by atoms with Gasteiger partial charge in [-0.3, -0.25) is 0 Å². The summed E-state index contributed by atoms with van der Waals surface area (Å²) in [5, 5.41) is 3.79. The van der Waals surface area contributed by atoms with Crippen LogP contribution in [0, 0.1) is 11.3 Å². The van der Waals surface area contributed by atoms with Crippen LogP contribution in [0.4, 0.5) is 0 Å². The third-order valence-electron chi connectivity index (χ3n) is 5.31. The third-order valence-corrected chi connectivity index (χ3v) is 5.31. The lowest BCUT2D eigenvalue weighted by molar-refractivity contribution is -0.140. The highest BCUT2D eigenvalue weighted by molar-refractivity contribution is 4.92. The minimum absolute atomic E-state index is 0.107. The first kappa shape index (κ1) is 15.3. The Balaban J connectivity index is 1.84. The van der Waals surface area contributed by atoms with E-state index in [2.05, 4.69) is 33.0 Å². The van der Waals surface area contributed by atoms with Crippen LogP contribution in [0.25, 0.3) is 0 Å². The monoisotopic (exact) mass is 269 g/mol. The van der Waals surface area contributed by atoms with E-state index in [-0.39, 0.29) is 5.60 Å². The Bertz CT molecular complexity index is 277. The Morgan fingerprint density at radius 3 is 2.53 bits per heavy atom. The van der Waals surface area contributed by atoms with Gasteiger partial charge in [-0.25, -0.2) is 0 Å². The van der Waals surface area contributed by atoms with Gasteiger partial charge < -0.3 is 14.8 Å². The van der Waals surface area contributed by atoms with Crippen molar-refractivity contribution in [2.24, 2.45) is 11.3 Å². The van der Waals surface area contributed by atoms with Crippen molar-refractivity contribution in [1.29, 1.82) is 0 Å². The minimum Gasteiger partial charge on any atom is -0.381 e. The molecule has 0 aromatic rings. The van der Waals surface area contributed by atoms with Crippen molar-refractivity contribution in [2.45, 2.75) is 65.0 Å². The Labute approximate surface area is 118 Å². The van der Waals surface area contributed by atoms with Crippen LogP contribution >= 0.6 is 0 Å². The van der Waals surface area contributed by atoms with Gasteiger partial charge in [-0.15, -0.1) is 0 Å². The molecule has 1 N–H and O–H groups in total. The summed E-state index contributed by atoms with van der Waals surface area (Å²) in [5.41, 5.74) is 0.470. The van der Waals surface area contributed by atoms with E-state index in [0.717, 1.165) is 52.0 Å². The molecule has 0 aliphatic carbocycles. The smallest absolute Gasteiger partial charge is 0.0741 e. The van der Waals surface area contributed by atoms with Gasteiger partial charge in [0.1, 0.15) is 0 Å². The highest BCUT2D eigenvalue weighted by Gasteiger charge is 2.39. The van der Waals surface area contributed by atoms with Crippen LogP contribution in [-0.4, -0.2) is 38.0 Å². The van der Waals surface area contributed by atoms with Gasteiger partial charge in [-0.05, 0) is 37.0 Å². The zero-order valence-electron chi connectivity index (χ0n) is 13.1. The van der Waals surface area contributed by atoms with Crippen LogP contribution in [0.5, 0.6) is 0 Å². The lowest BCUT2D eigenvalue weighted by atomic mass is 9.80. The Hall–Kier alpha value is -0.120. The highest BCUT2D eigenvalue weighted by Crippen LogP contribution is 2.34. The summed E-state index contributed by atoms with van der Waals surface area (Å²) in [6.07, 6.45) is 4.44. The molecule has 2 aliphatic rings. The van der Waals surface area contributed by atoms with Crippen LogP contribution in [-0.2, 0) is 9.47 Å². The molecule has 2 heterocycles. The quantitative estimate of drug-likeness (QED) is 0.851. The Morgan fingerprint density at radius 1 is 1.21 bits per heavy atom. The summed E-state index contributed by atoms with van der Waals surface area (Å²) in [6, 6.07) is 0.616. The first-order chi connectivity index (χ1) is 8.94. The number of rotatable bonds is 4. The van der Waals surface area contributed by atoms with Gasteiger partial charge in [0, 0.05) is 32.4 Å². The van der Waals surface area contributed by atoms with Gasteiger partial charge in [-0.2, -0.15) is 0 Å². The summed E-state index contributed by atoms with van der Waals surface area (Å²) in [5.74, 6) is 0.705. The average molecular weight is 269 g/mol. The zero-order chi connectivity index (χ0) is 13.9. The molecule has 2 saturated heterocycles. The fourth-order valence-corrected chi connectivity index (χ4v) is 2.91. The summed E-state index contributed by atoms with van der Waals surface area (Å²) >= 11 is 0. The van der Waals surface area contributed by atoms with Crippen molar-refractivity contribution in [3.8, 4) is 0 Å². The van der Waals surface area contributed by atoms with Gasteiger partial charge >= 0.3 is 0 Å². The molecular formula is C16H31NO2. The molecule has 0 saturated carbocycles. The van der Waals surface area contributed by atoms with Crippen molar-refractivity contribution in [1.82, 2.24) is 5.32 Å². The first-order valence-electron chi connectivity index (χ1n) is 7.89. The van der Waals surface area contributed by atoms with Gasteiger partial charge in [0.2, 0.25) is 0 Å². The lowest BCUT2D eigenvalue weighted by Crippen LogP contribution is -2.51. The normalized spacial score (nSPS) is 27.9. The summed E-state index contributed by atoms with van der Waals surface area (Å²) in [4.78, 5) is 0. The molecular weight excluding hydrogens is 238 g/mol. The SMILES string of the molecule is CC(C)C(C)(C)CNC1CCOC2(CCOCC2)C1. The van der Waals surface area contributed by atoms with E-state index in [0.29, 0.717) is 17.4 Å². The fraction of sp³-hybridized carbons (Fsp3) is 1.00. The van der Waals surface area contributed by atoms with Crippen LogP contribution in [0.1, 0.15) is 53.4 Å². The number of nitrogens with one attached hydrogen (secondary N) is 1. The van der Waals surface area contributed by atoms with Gasteiger partial charge in [0.25, 0.3) is 0 Å². The van der Waals surface area contributed by atoms with Crippen molar-refractivity contribution >= 4 is 0 Å². The molecule has 1 atom stereocenters. The summed E-state index contributed by atoms with van der Waals surface area (Å²) < 4.78 is 11.6. The van der Waals surface area contributed by atoms with Crippen molar-refractivity contribution in [3.63, 3.8) is 0 Å². The standard InChI is InChI=1S/C16H31NO2/c1-13(2)15(3,4)12-17-14-5-8-19-16(11-14)6-9-18-10-7-16/h13-14,17H,5-12H2,1-4H3. The Kier molecular flexibility index (Phi) is 4.91. The number of ether oxygens (including phenoxy) is 2. The van der Waals surface area contributed by atoms with Crippen molar-refractivity contribution in [3.05, 3.63) is 0 Å². The first-order valence-corrected chi connectivity index (χ1v) is 7.89. The van der Waals surface area contributed by atoms with Gasteiger partial charge in [-0.1, -0.05) is 27.7 Å². The van der Waals surface area contributed by atoms with Gasteiger partial charge in [0.15, 0.2) is 0 Å². The van der Waals surface area contributed by atoms with Gasteiger partial charge in [0.05, 0.1) is 5.60 Å². The molecule has 0 aromatic heterocycles. The van der Waals surface area contributed by atoms with E-state index < -0.39 is 0 Å². The van der Waals surface area contributed by atoms with Crippen molar-refractivity contribution in [2.75, 3.05) is 26.4 Å². The van der Waals surface area contributed by atoms with E-state index in [1.807, 2.05) is 0 Å². The molecule has 0 radical (unpaired) electrons. The maximum Gasteiger partial charge on any atom is 0.0741 e. The fourth-order valence-electron chi connectivity index (χ4n) is 2.91. The van der Waals surface area contributed by atoms with Crippen molar-refractivity contribution < 1.29 is 9.47 Å². The van der Waals surface area contributed by atoms with Crippen LogP contribution in [0.3, 0.4) is 0 Å². The predicted octanol–water partition coefficient (Wildman–Crippen LogP) is 2.99. The topological polar surface area (TPSA) is 30.5 Å². The maximum absolute atomic E-state index is 6.10. The second-order valence-corrected chi connectivity index (χ2v) is 7.36. The molecule has 0 aromatic carbocycles. The largest absolute Gasteiger partial charge is 0.381 e. The van der Waals surface area contributed by atoms with Crippen LogP contribution in [0.15, 0.2) is 0 Å². The van der Waals surface area contributed by atoms with E-state index >= 15 is 0 Å². The molecule has 112 valence electrons. The van der Waals surface area contributed by atoms with E-state index in [1.54, 1.807) is 0 Å². The molecule has 0 amide bonds. The molecule has 1 spiro atoms. The molecule has 2 rings (SSSR count). The van der Waals surface area contributed by atoms with E-state index in [9.17, 15) is 0 Å². The van der Waals surface area contributed by atoms with E-state index in [1.165, 1.54) is 0 Å². The van der Waals surface area contributed by atoms with Crippen LogP contribution < -0.4 is 5.32 Å². The second kappa shape index (κ2) is 6.11. The highest BCUT2D eigenvalue weighted by atomic mass is 16.5. The predicted molar refractivity (Wildman–Crippen MR) is 78.4 cm³/mol. The zero-order valence-corrected chi connectivity index (χ0v) is 13.1. The third kappa shape index (κ3) is 3.93. The number of hydrogen-bond acceptors (Lipinski definition) is 3. The second-order valence-electron chi connectivity index (χ2n) is 7.36. The molecule has 3 heteroatoms. The lowest BCUT2D eigenvalue weighted by Gasteiger charge is -2.44. The Morgan fingerprint density at radius 2 is 1.89 bits per heavy atom. The summed E-state index contributed by atoms with van der Waals surface area (Å²) in [7, 11) is 0.